The van der Waals surface area contributed by atoms with Crippen LogP contribution in [-0.2, 0) is 6.54 Å². The monoisotopic (exact) mass is 256 g/mol. The van der Waals surface area contributed by atoms with E-state index in [9.17, 15) is 4.79 Å². The lowest BCUT2D eigenvalue weighted by atomic mass is 10.1. The molecule has 0 aliphatic heterocycles. The van der Waals surface area contributed by atoms with Gasteiger partial charge in [-0.1, -0.05) is 6.07 Å². The molecule has 0 saturated heterocycles. The molecule has 0 radical (unpaired) electrons. The number of carbonyl (C=O) groups is 1. The number of hydrogen-bond acceptors (Lipinski definition) is 3. The minimum absolute atomic E-state index is 0.311. The van der Waals surface area contributed by atoms with E-state index in [0.717, 1.165) is 24.3 Å². The Hall–Kier alpha value is -2.36. The van der Waals surface area contributed by atoms with Crippen LogP contribution in [0.1, 0.15) is 22.8 Å². The van der Waals surface area contributed by atoms with E-state index >= 15 is 0 Å². The molecule has 4 heteroatoms. The standard InChI is InChI=1S/C15H16N2O2/c1-2-17(11-12-6-8-16-9-7-12)14-5-3-4-13(10-14)15(18)19/h3-10H,2,11H2,1H3,(H,18,19). The molecular formula is C15H16N2O2. The van der Waals surface area contributed by atoms with Gasteiger partial charge in [-0.15, -0.1) is 0 Å². The summed E-state index contributed by atoms with van der Waals surface area (Å²) in [6.45, 7) is 3.60. The third-order valence-corrected chi connectivity index (χ3v) is 2.96. The number of nitrogens with zero attached hydrogens (tertiary/aromatic N) is 2. The molecule has 98 valence electrons. The third kappa shape index (κ3) is 3.31. The number of hydrogen-bond donors (Lipinski definition) is 1. The van der Waals surface area contributed by atoms with E-state index in [1.165, 1.54) is 0 Å². The third-order valence-electron chi connectivity index (χ3n) is 2.96. The van der Waals surface area contributed by atoms with Crippen LogP contribution in [0.3, 0.4) is 0 Å². The van der Waals surface area contributed by atoms with Gasteiger partial charge < -0.3 is 10.0 Å². The summed E-state index contributed by atoms with van der Waals surface area (Å²) in [5.74, 6) is -0.901. The Bertz CT molecular complexity index is 555. The van der Waals surface area contributed by atoms with Crippen molar-refractivity contribution in [2.24, 2.45) is 0 Å². The van der Waals surface area contributed by atoms with Crippen molar-refractivity contribution in [3.8, 4) is 0 Å². The molecule has 2 aromatic rings. The molecule has 0 fully saturated rings. The van der Waals surface area contributed by atoms with Gasteiger partial charge in [-0.05, 0) is 42.8 Å². The summed E-state index contributed by atoms with van der Waals surface area (Å²) in [4.78, 5) is 17.1. The maximum absolute atomic E-state index is 11.0. The van der Waals surface area contributed by atoms with Gasteiger partial charge in [0, 0.05) is 31.2 Å². The number of carboxylic acid groups (broad SMARTS) is 1. The van der Waals surface area contributed by atoms with Crippen LogP contribution in [0.2, 0.25) is 0 Å². The summed E-state index contributed by atoms with van der Waals surface area (Å²) in [6, 6.07) is 10.9. The molecule has 0 unspecified atom stereocenters. The molecule has 0 spiro atoms. The molecule has 0 aliphatic carbocycles. The van der Waals surface area contributed by atoms with Crippen LogP contribution in [0.5, 0.6) is 0 Å². The van der Waals surface area contributed by atoms with Crippen molar-refractivity contribution in [1.29, 1.82) is 0 Å². The number of rotatable bonds is 5. The first-order chi connectivity index (χ1) is 9.20. The number of carboxylic acids is 1. The van der Waals surface area contributed by atoms with Gasteiger partial charge in [0.2, 0.25) is 0 Å². The summed E-state index contributed by atoms with van der Waals surface area (Å²) in [5.41, 5.74) is 2.38. The van der Waals surface area contributed by atoms with Gasteiger partial charge >= 0.3 is 5.97 Å². The number of pyridine rings is 1. The lowest BCUT2D eigenvalue weighted by Crippen LogP contribution is -2.22. The van der Waals surface area contributed by atoms with Gasteiger partial charge in [0.05, 0.1) is 5.56 Å². The van der Waals surface area contributed by atoms with Crippen LogP contribution in [0.4, 0.5) is 5.69 Å². The Labute approximate surface area is 112 Å². The van der Waals surface area contributed by atoms with E-state index in [2.05, 4.69) is 16.8 Å². The Kier molecular flexibility index (Phi) is 4.13. The molecule has 2 rings (SSSR count). The fourth-order valence-corrected chi connectivity index (χ4v) is 1.93. The maximum Gasteiger partial charge on any atom is 0.335 e. The van der Waals surface area contributed by atoms with Crippen LogP contribution < -0.4 is 4.90 Å². The van der Waals surface area contributed by atoms with E-state index in [0.29, 0.717) is 5.56 Å². The first kappa shape index (κ1) is 13.1. The minimum atomic E-state index is -0.901. The summed E-state index contributed by atoms with van der Waals surface area (Å²) in [6.07, 6.45) is 3.52. The summed E-state index contributed by atoms with van der Waals surface area (Å²) < 4.78 is 0. The molecule has 1 heterocycles. The first-order valence-corrected chi connectivity index (χ1v) is 6.18. The van der Waals surface area contributed by atoms with Crippen LogP contribution in [0.15, 0.2) is 48.8 Å². The average Bonchev–Trinajstić information content (AvgIpc) is 2.46. The largest absolute Gasteiger partial charge is 0.478 e. The van der Waals surface area contributed by atoms with Crippen molar-refractivity contribution in [3.63, 3.8) is 0 Å². The summed E-state index contributed by atoms with van der Waals surface area (Å²) in [5, 5.41) is 9.03. The molecule has 0 aliphatic rings. The molecule has 4 nitrogen and oxygen atoms in total. The SMILES string of the molecule is CCN(Cc1ccncc1)c1cccc(C(=O)O)c1. The normalized spacial score (nSPS) is 10.2. The van der Waals surface area contributed by atoms with Crippen molar-refractivity contribution in [2.45, 2.75) is 13.5 Å². The molecule has 1 N–H and O–H groups in total. The number of benzene rings is 1. The zero-order chi connectivity index (χ0) is 13.7. The number of anilines is 1. The fraction of sp³-hybridized carbons (Fsp3) is 0.200. The zero-order valence-electron chi connectivity index (χ0n) is 10.8. The lowest BCUT2D eigenvalue weighted by molar-refractivity contribution is 0.0697. The van der Waals surface area contributed by atoms with Crippen LogP contribution in [0, 0.1) is 0 Å². The van der Waals surface area contributed by atoms with E-state index < -0.39 is 5.97 Å². The second kappa shape index (κ2) is 6.00. The smallest absolute Gasteiger partial charge is 0.335 e. The van der Waals surface area contributed by atoms with Gasteiger partial charge in [-0.3, -0.25) is 4.98 Å². The Morgan fingerprint density at radius 3 is 2.63 bits per heavy atom. The molecule has 0 saturated carbocycles. The van der Waals surface area contributed by atoms with Gasteiger partial charge in [0.1, 0.15) is 0 Å². The van der Waals surface area contributed by atoms with Crippen molar-refractivity contribution in [3.05, 3.63) is 59.9 Å². The van der Waals surface area contributed by atoms with Crippen molar-refractivity contribution in [1.82, 2.24) is 4.98 Å². The lowest BCUT2D eigenvalue weighted by Gasteiger charge is -2.23. The second-order valence-corrected chi connectivity index (χ2v) is 4.23. The fourth-order valence-electron chi connectivity index (χ4n) is 1.93. The number of aromatic nitrogens is 1. The number of aromatic carboxylic acids is 1. The predicted molar refractivity (Wildman–Crippen MR) is 74.4 cm³/mol. The van der Waals surface area contributed by atoms with Gasteiger partial charge in [-0.25, -0.2) is 4.79 Å². The Morgan fingerprint density at radius 1 is 1.26 bits per heavy atom. The molecule has 1 aromatic carbocycles. The van der Waals surface area contributed by atoms with Gasteiger partial charge in [0.15, 0.2) is 0 Å². The molecule has 0 amide bonds. The summed E-state index contributed by atoms with van der Waals surface area (Å²) >= 11 is 0. The molecule has 0 bridgehead atoms. The zero-order valence-corrected chi connectivity index (χ0v) is 10.8. The molecule has 0 atom stereocenters. The topological polar surface area (TPSA) is 53.4 Å². The van der Waals surface area contributed by atoms with Crippen LogP contribution in [-0.4, -0.2) is 22.6 Å². The van der Waals surface area contributed by atoms with E-state index in [1.54, 1.807) is 30.6 Å². The van der Waals surface area contributed by atoms with E-state index in [1.807, 2.05) is 18.2 Å². The molecule has 1 aromatic heterocycles. The van der Waals surface area contributed by atoms with Crippen molar-refractivity contribution >= 4 is 11.7 Å². The first-order valence-electron chi connectivity index (χ1n) is 6.18. The van der Waals surface area contributed by atoms with Crippen molar-refractivity contribution < 1.29 is 9.90 Å². The maximum atomic E-state index is 11.0. The van der Waals surface area contributed by atoms with E-state index in [-0.39, 0.29) is 0 Å². The quantitative estimate of drug-likeness (QED) is 0.893. The average molecular weight is 256 g/mol. The Balaban J connectivity index is 2.22. The summed E-state index contributed by atoms with van der Waals surface area (Å²) in [7, 11) is 0. The molecular weight excluding hydrogens is 240 g/mol. The highest BCUT2D eigenvalue weighted by atomic mass is 16.4. The van der Waals surface area contributed by atoms with Crippen LogP contribution in [0.25, 0.3) is 0 Å². The van der Waals surface area contributed by atoms with Crippen LogP contribution >= 0.6 is 0 Å². The molecule has 19 heavy (non-hydrogen) atoms. The van der Waals surface area contributed by atoms with Crippen molar-refractivity contribution in [2.75, 3.05) is 11.4 Å². The minimum Gasteiger partial charge on any atom is -0.478 e. The second-order valence-electron chi connectivity index (χ2n) is 4.23. The predicted octanol–water partition coefficient (Wildman–Crippen LogP) is 2.81. The highest BCUT2D eigenvalue weighted by Crippen LogP contribution is 2.18. The van der Waals surface area contributed by atoms with Gasteiger partial charge in [0.25, 0.3) is 0 Å². The van der Waals surface area contributed by atoms with Gasteiger partial charge in [-0.2, -0.15) is 0 Å². The van der Waals surface area contributed by atoms with E-state index in [4.69, 9.17) is 5.11 Å². The highest BCUT2D eigenvalue weighted by Gasteiger charge is 2.08. The Morgan fingerprint density at radius 2 is 2.00 bits per heavy atom. The highest BCUT2D eigenvalue weighted by molar-refractivity contribution is 5.88.